The number of hydrogen-bond donors (Lipinski definition) is 1. The molecule has 0 aliphatic heterocycles. The van der Waals surface area contributed by atoms with Gasteiger partial charge in [0.15, 0.2) is 0 Å². The van der Waals surface area contributed by atoms with Crippen molar-refractivity contribution >= 4 is 22.4 Å². The molecule has 0 saturated carbocycles. The van der Waals surface area contributed by atoms with Crippen LogP contribution in [0.25, 0.3) is 0 Å². The molecule has 5 nitrogen and oxygen atoms in total. The monoisotopic (exact) mass is 298 g/mol. The first-order chi connectivity index (χ1) is 9.45. The topological polar surface area (TPSA) is 72.6 Å². The number of ether oxygens (including phenoxy) is 1. The maximum absolute atomic E-state index is 12.2. The Morgan fingerprint density at radius 2 is 2.10 bits per heavy atom. The first kappa shape index (κ1) is 16.5. The fourth-order valence-corrected chi connectivity index (χ4v) is 2.86. The summed E-state index contributed by atoms with van der Waals surface area (Å²) in [5.74, 6) is 1.12. The molecule has 0 saturated heterocycles. The second kappa shape index (κ2) is 7.89. The molecule has 1 unspecified atom stereocenters. The van der Waals surface area contributed by atoms with Crippen molar-refractivity contribution in [3.63, 3.8) is 0 Å². The Kier molecular flexibility index (Phi) is 6.51. The van der Waals surface area contributed by atoms with Crippen LogP contribution in [0, 0.1) is 0 Å². The van der Waals surface area contributed by atoms with Gasteiger partial charge in [-0.3, -0.25) is 9.00 Å². The van der Waals surface area contributed by atoms with E-state index in [1.165, 1.54) is 4.90 Å². The Balaban J connectivity index is 2.63. The molecular formula is C14H22N2O3S. The minimum atomic E-state index is -1.21. The summed E-state index contributed by atoms with van der Waals surface area (Å²) >= 11 is 0. The van der Waals surface area contributed by atoms with Gasteiger partial charge in [-0.2, -0.15) is 0 Å². The Bertz CT molecular complexity index is 489. The first-order valence-electron chi connectivity index (χ1n) is 6.56. The van der Waals surface area contributed by atoms with Gasteiger partial charge in [-0.25, -0.2) is 0 Å². The van der Waals surface area contributed by atoms with Crippen LogP contribution in [0.15, 0.2) is 23.1 Å². The molecule has 0 radical (unpaired) electrons. The number of nitrogen functional groups attached to an aromatic ring is 1. The third-order valence-corrected chi connectivity index (χ3v) is 4.26. The molecule has 0 spiro atoms. The number of nitrogens with two attached hydrogens (primary N) is 1. The first-order valence-corrected chi connectivity index (χ1v) is 7.88. The van der Waals surface area contributed by atoms with E-state index in [9.17, 15) is 9.00 Å². The van der Waals surface area contributed by atoms with E-state index >= 15 is 0 Å². The van der Waals surface area contributed by atoms with Gasteiger partial charge in [0, 0.05) is 32.0 Å². The molecule has 1 aromatic carbocycles. The van der Waals surface area contributed by atoms with Crippen molar-refractivity contribution < 1.29 is 13.7 Å². The number of carbonyl (C=O) groups is 1. The van der Waals surface area contributed by atoms with E-state index in [-0.39, 0.29) is 5.91 Å². The lowest BCUT2D eigenvalue weighted by Crippen LogP contribution is -2.21. The van der Waals surface area contributed by atoms with Crippen LogP contribution >= 0.6 is 0 Å². The summed E-state index contributed by atoms with van der Waals surface area (Å²) in [5, 5.41) is 0. The molecule has 0 aromatic heterocycles. The van der Waals surface area contributed by atoms with Gasteiger partial charge in [0.05, 0.1) is 22.3 Å². The number of nitrogens with zero attached hydrogens (tertiary/aromatic N) is 1. The van der Waals surface area contributed by atoms with Crippen molar-refractivity contribution in [2.75, 3.05) is 32.2 Å². The van der Waals surface area contributed by atoms with E-state index in [1.54, 1.807) is 32.3 Å². The molecule has 1 atom stereocenters. The zero-order chi connectivity index (χ0) is 15.1. The van der Waals surface area contributed by atoms with Crippen molar-refractivity contribution in [2.45, 2.75) is 24.7 Å². The Hall–Kier alpha value is -1.56. The van der Waals surface area contributed by atoms with E-state index in [0.29, 0.717) is 41.5 Å². The largest absolute Gasteiger partial charge is 0.494 e. The van der Waals surface area contributed by atoms with Crippen molar-refractivity contribution in [2.24, 2.45) is 0 Å². The fourth-order valence-electron chi connectivity index (χ4n) is 1.66. The standard InChI is InChI=1S/C14H22N2O3S/c1-4-19-11-7-8-12(15)13(10-11)20(18)9-5-6-14(17)16(2)3/h7-8,10H,4-6,9,15H2,1-3H3. The zero-order valence-corrected chi connectivity index (χ0v) is 13.0. The number of benzene rings is 1. The molecule has 0 aliphatic rings. The van der Waals surface area contributed by atoms with E-state index in [2.05, 4.69) is 0 Å². The molecule has 0 fully saturated rings. The smallest absolute Gasteiger partial charge is 0.222 e. The third-order valence-electron chi connectivity index (χ3n) is 2.76. The molecular weight excluding hydrogens is 276 g/mol. The molecule has 0 bridgehead atoms. The number of rotatable bonds is 7. The SMILES string of the molecule is CCOc1ccc(N)c(S(=O)CCCC(=O)N(C)C)c1. The fraction of sp³-hybridized carbons (Fsp3) is 0.500. The van der Waals surface area contributed by atoms with Crippen LogP contribution in [0.1, 0.15) is 19.8 Å². The van der Waals surface area contributed by atoms with Gasteiger partial charge in [-0.1, -0.05) is 0 Å². The van der Waals surface area contributed by atoms with Crippen molar-refractivity contribution in [3.8, 4) is 5.75 Å². The normalized spacial score (nSPS) is 11.9. The highest BCUT2D eigenvalue weighted by molar-refractivity contribution is 7.85. The second-order valence-corrected chi connectivity index (χ2v) is 6.11. The van der Waals surface area contributed by atoms with Gasteiger partial charge in [0.1, 0.15) is 5.75 Å². The lowest BCUT2D eigenvalue weighted by molar-refractivity contribution is -0.128. The van der Waals surface area contributed by atoms with Gasteiger partial charge >= 0.3 is 0 Å². The average molecular weight is 298 g/mol. The predicted octanol–water partition coefficient (Wildman–Crippen LogP) is 1.64. The van der Waals surface area contributed by atoms with Gasteiger partial charge in [0.25, 0.3) is 0 Å². The Morgan fingerprint density at radius 3 is 2.70 bits per heavy atom. The lowest BCUT2D eigenvalue weighted by atomic mass is 10.3. The van der Waals surface area contributed by atoms with Gasteiger partial charge in [-0.05, 0) is 31.5 Å². The highest BCUT2D eigenvalue weighted by Crippen LogP contribution is 2.23. The summed E-state index contributed by atoms with van der Waals surface area (Å²) in [4.78, 5) is 13.6. The van der Waals surface area contributed by atoms with Crippen molar-refractivity contribution in [3.05, 3.63) is 18.2 Å². The molecule has 1 aromatic rings. The highest BCUT2D eigenvalue weighted by Gasteiger charge is 2.11. The van der Waals surface area contributed by atoms with Crippen LogP contribution in [0.5, 0.6) is 5.75 Å². The quantitative estimate of drug-likeness (QED) is 0.777. The number of carbonyl (C=O) groups excluding carboxylic acids is 1. The predicted molar refractivity (Wildman–Crippen MR) is 81.2 cm³/mol. The average Bonchev–Trinajstić information content (AvgIpc) is 2.40. The minimum Gasteiger partial charge on any atom is -0.494 e. The van der Waals surface area contributed by atoms with Crippen LogP contribution in [0.2, 0.25) is 0 Å². The molecule has 6 heteroatoms. The number of hydrogen-bond acceptors (Lipinski definition) is 4. The van der Waals surface area contributed by atoms with Gasteiger partial charge in [-0.15, -0.1) is 0 Å². The minimum absolute atomic E-state index is 0.0399. The summed E-state index contributed by atoms with van der Waals surface area (Å²) in [6.45, 7) is 2.44. The van der Waals surface area contributed by atoms with Crippen LogP contribution in [-0.4, -0.2) is 41.5 Å². The molecule has 1 amide bonds. The van der Waals surface area contributed by atoms with Crippen LogP contribution in [-0.2, 0) is 15.6 Å². The third kappa shape index (κ3) is 4.85. The molecule has 20 heavy (non-hydrogen) atoms. The maximum atomic E-state index is 12.2. The van der Waals surface area contributed by atoms with Crippen LogP contribution < -0.4 is 10.5 Å². The number of anilines is 1. The van der Waals surface area contributed by atoms with E-state index < -0.39 is 10.8 Å². The van der Waals surface area contributed by atoms with E-state index in [4.69, 9.17) is 10.5 Å². The van der Waals surface area contributed by atoms with Crippen molar-refractivity contribution in [1.29, 1.82) is 0 Å². The van der Waals surface area contributed by atoms with Crippen molar-refractivity contribution in [1.82, 2.24) is 4.90 Å². The summed E-state index contributed by atoms with van der Waals surface area (Å²) < 4.78 is 17.6. The zero-order valence-electron chi connectivity index (χ0n) is 12.2. The van der Waals surface area contributed by atoms with Crippen LogP contribution in [0.4, 0.5) is 5.69 Å². The number of amides is 1. The summed E-state index contributed by atoms with van der Waals surface area (Å²) in [6, 6.07) is 5.17. The molecule has 112 valence electrons. The van der Waals surface area contributed by atoms with Gasteiger partial charge < -0.3 is 15.4 Å². The van der Waals surface area contributed by atoms with Crippen LogP contribution in [0.3, 0.4) is 0 Å². The van der Waals surface area contributed by atoms with E-state index in [0.717, 1.165) is 0 Å². The molecule has 0 aliphatic carbocycles. The molecule has 1 rings (SSSR count). The molecule has 0 heterocycles. The highest BCUT2D eigenvalue weighted by atomic mass is 32.2. The summed E-state index contributed by atoms with van der Waals surface area (Å²) in [7, 11) is 2.21. The van der Waals surface area contributed by atoms with E-state index in [1.807, 2.05) is 6.92 Å². The maximum Gasteiger partial charge on any atom is 0.222 e. The summed E-state index contributed by atoms with van der Waals surface area (Å²) in [6.07, 6.45) is 0.964. The molecule has 2 N–H and O–H groups in total. The summed E-state index contributed by atoms with van der Waals surface area (Å²) in [5.41, 5.74) is 6.33. The lowest BCUT2D eigenvalue weighted by Gasteiger charge is -2.11. The van der Waals surface area contributed by atoms with Gasteiger partial charge in [0.2, 0.25) is 5.91 Å². The Morgan fingerprint density at radius 1 is 1.40 bits per heavy atom. The second-order valence-electron chi connectivity index (χ2n) is 4.57. The Labute approximate surface area is 122 Å².